The number of aliphatic hydroxyl groups is 1. The molecule has 0 spiro atoms. The number of fused-ring (bicyclic) bond motifs is 3. The Labute approximate surface area is 243 Å². The number of carbonyl (C=O) groups excluding carboxylic acids is 6. The monoisotopic (exact) mass is 608 g/mol. The first kappa shape index (κ1) is 30.8. The number of likely N-dealkylation sites (N-methyl/N-ethyl adjacent to an activating group) is 1. The molecule has 12 nitrogen and oxygen atoms in total. The Balaban J connectivity index is 1.66. The van der Waals surface area contributed by atoms with Crippen molar-refractivity contribution in [2.45, 2.75) is 43.6 Å². The minimum atomic E-state index is -5.02. The van der Waals surface area contributed by atoms with Gasteiger partial charge in [-0.1, -0.05) is 0 Å². The van der Waals surface area contributed by atoms with Crippen LogP contribution < -0.4 is 11.1 Å². The third-order valence-electron chi connectivity index (χ3n) is 9.37. The third-order valence-corrected chi connectivity index (χ3v) is 9.37. The highest BCUT2D eigenvalue weighted by atomic mass is 19.4. The number of primary amides is 1. The first-order chi connectivity index (χ1) is 19.9. The molecule has 1 aromatic rings. The molecule has 1 aliphatic heterocycles. The Hall–Kier alpha value is -3.69. The summed E-state index contributed by atoms with van der Waals surface area (Å²) in [5.41, 5.74) is -0.554. The number of piperazine rings is 1. The number of Topliss-reactive ketones (excluding diaryl/α,β-unsaturated/α-hetero) is 4. The maximum atomic E-state index is 14.8. The van der Waals surface area contributed by atoms with E-state index in [1.807, 2.05) is 0 Å². The first-order valence-corrected chi connectivity index (χ1v) is 13.7. The number of hydrogen-bond donors (Lipinski definition) is 4. The number of ketones is 4. The van der Waals surface area contributed by atoms with E-state index in [4.69, 9.17) is 5.73 Å². The molecule has 1 saturated heterocycles. The lowest BCUT2D eigenvalue weighted by molar-refractivity contribution is -0.181. The first-order valence-electron chi connectivity index (χ1n) is 13.7. The molecule has 3 aliphatic carbocycles. The molecule has 1 aromatic carbocycles. The standard InChI is InChI=1S/C28H31F3N4O8/c1-10(36)35-5-4-33-15(9-35)12-8-16(37)18-13(20(12)28(29,30)31)6-11-7-14-21(34(2)3)23(39)19(26(32)42)25(41)27(14,43)24(40)17(11)22(18)38/h8,11,14-15,17,19,21,33,37,43H,4-7,9H2,1-3H3,(H2,32,42). The fourth-order valence-corrected chi connectivity index (χ4v) is 7.56. The zero-order valence-electron chi connectivity index (χ0n) is 23.5. The van der Waals surface area contributed by atoms with Crippen molar-refractivity contribution >= 4 is 34.9 Å². The second kappa shape index (κ2) is 10.2. The number of nitrogens with one attached hydrogen (secondary N) is 1. The van der Waals surface area contributed by atoms with Crippen LogP contribution in [0, 0.1) is 23.7 Å². The lowest BCUT2D eigenvalue weighted by atomic mass is 9.52. The number of benzene rings is 1. The minimum absolute atomic E-state index is 0.125. The van der Waals surface area contributed by atoms with Crippen LogP contribution in [-0.2, 0) is 36.6 Å². The molecule has 1 heterocycles. The molecule has 15 heteroatoms. The van der Waals surface area contributed by atoms with Gasteiger partial charge < -0.3 is 26.2 Å². The summed E-state index contributed by atoms with van der Waals surface area (Å²) in [6.45, 7) is 1.60. The molecular formula is C28H31F3N4O8. The number of alkyl halides is 3. The zero-order chi connectivity index (χ0) is 31.9. The number of phenolic OH excluding ortho intramolecular Hbond substituents is 1. The number of carbonyl (C=O) groups is 6. The fourth-order valence-electron chi connectivity index (χ4n) is 7.56. The largest absolute Gasteiger partial charge is 0.507 e. The lowest BCUT2D eigenvalue weighted by Crippen LogP contribution is -2.74. The van der Waals surface area contributed by atoms with Crippen LogP contribution in [0.2, 0.25) is 0 Å². The Morgan fingerprint density at radius 1 is 1.16 bits per heavy atom. The molecule has 0 aromatic heterocycles. The van der Waals surface area contributed by atoms with E-state index in [9.17, 15) is 52.2 Å². The molecule has 0 bridgehead atoms. The Bertz CT molecular complexity index is 1480. The predicted molar refractivity (Wildman–Crippen MR) is 139 cm³/mol. The highest BCUT2D eigenvalue weighted by Crippen LogP contribution is 2.53. The highest BCUT2D eigenvalue weighted by Gasteiger charge is 2.69. The second-order valence-corrected chi connectivity index (χ2v) is 12.0. The third kappa shape index (κ3) is 4.47. The Kier molecular flexibility index (Phi) is 7.30. The summed E-state index contributed by atoms with van der Waals surface area (Å²) in [4.78, 5) is 80.9. The number of amides is 2. The minimum Gasteiger partial charge on any atom is -0.507 e. The van der Waals surface area contributed by atoms with Crippen molar-refractivity contribution in [3.8, 4) is 5.75 Å². The van der Waals surface area contributed by atoms with Crippen LogP contribution in [0.5, 0.6) is 5.75 Å². The highest BCUT2D eigenvalue weighted by molar-refractivity contribution is 6.32. The van der Waals surface area contributed by atoms with Crippen molar-refractivity contribution in [1.29, 1.82) is 0 Å². The molecular weight excluding hydrogens is 577 g/mol. The molecule has 232 valence electrons. The smallest absolute Gasteiger partial charge is 0.417 e. The molecule has 43 heavy (non-hydrogen) atoms. The van der Waals surface area contributed by atoms with Gasteiger partial charge >= 0.3 is 6.18 Å². The van der Waals surface area contributed by atoms with E-state index in [-0.39, 0.29) is 37.5 Å². The average molecular weight is 609 g/mol. The molecule has 3 fully saturated rings. The normalized spacial score (nSPS) is 32.8. The maximum Gasteiger partial charge on any atom is 0.417 e. The topological polar surface area (TPSA) is 187 Å². The van der Waals surface area contributed by atoms with Gasteiger partial charge in [0, 0.05) is 32.5 Å². The van der Waals surface area contributed by atoms with E-state index < -0.39 is 105 Å². The Morgan fingerprint density at radius 3 is 2.37 bits per heavy atom. The van der Waals surface area contributed by atoms with Crippen molar-refractivity contribution in [2.24, 2.45) is 29.4 Å². The average Bonchev–Trinajstić information content (AvgIpc) is 2.89. The van der Waals surface area contributed by atoms with Crippen molar-refractivity contribution < 1.29 is 52.2 Å². The van der Waals surface area contributed by atoms with Crippen LogP contribution in [0.15, 0.2) is 6.07 Å². The van der Waals surface area contributed by atoms with Crippen molar-refractivity contribution in [2.75, 3.05) is 33.7 Å². The van der Waals surface area contributed by atoms with E-state index >= 15 is 0 Å². The summed E-state index contributed by atoms with van der Waals surface area (Å²) in [7, 11) is 2.81. The number of rotatable bonds is 3. The number of phenols is 1. The summed E-state index contributed by atoms with van der Waals surface area (Å²) in [6, 6.07) is -1.62. The predicted octanol–water partition coefficient (Wildman–Crippen LogP) is -0.621. The van der Waals surface area contributed by atoms with Crippen LogP contribution in [0.25, 0.3) is 0 Å². The number of nitrogens with zero attached hydrogens (tertiary/aromatic N) is 2. The molecule has 5 rings (SSSR count). The number of halogens is 3. The van der Waals surface area contributed by atoms with Crippen molar-refractivity contribution in [3.63, 3.8) is 0 Å². The van der Waals surface area contributed by atoms with Crippen LogP contribution in [0.3, 0.4) is 0 Å². The van der Waals surface area contributed by atoms with Crippen LogP contribution in [0.1, 0.15) is 46.4 Å². The van der Waals surface area contributed by atoms with Gasteiger partial charge in [-0.3, -0.25) is 33.7 Å². The van der Waals surface area contributed by atoms with E-state index in [0.29, 0.717) is 0 Å². The van der Waals surface area contributed by atoms with Crippen LogP contribution in [-0.4, -0.2) is 100 Å². The molecule has 7 atom stereocenters. The van der Waals surface area contributed by atoms with E-state index in [1.54, 1.807) is 0 Å². The number of hydrogen-bond acceptors (Lipinski definition) is 10. The zero-order valence-corrected chi connectivity index (χ0v) is 23.5. The summed E-state index contributed by atoms with van der Waals surface area (Å²) in [6.07, 6.45) is -5.94. The van der Waals surface area contributed by atoms with Gasteiger partial charge in [-0.15, -0.1) is 0 Å². The molecule has 2 saturated carbocycles. The molecule has 7 unspecified atom stereocenters. The summed E-state index contributed by atoms with van der Waals surface area (Å²) in [5, 5.41) is 25.5. The van der Waals surface area contributed by atoms with Gasteiger partial charge in [0.15, 0.2) is 34.7 Å². The van der Waals surface area contributed by atoms with Crippen molar-refractivity contribution in [1.82, 2.24) is 15.1 Å². The number of aromatic hydroxyl groups is 1. The summed E-state index contributed by atoms with van der Waals surface area (Å²) < 4.78 is 44.3. The SMILES string of the molecule is CC(=O)N1CCNC(c2cc(O)c3c(c2C(F)(F)F)CC2CC4C(N(C)C)C(=O)C(C(N)=O)C(=O)C4(O)C(=O)C2C3=O)C1. The molecule has 5 N–H and O–H groups in total. The van der Waals surface area contributed by atoms with E-state index in [0.717, 1.165) is 6.07 Å². The maximum absolute atomic E-state index is 14.8. The van der Waals surface area contributed by atoms with Gasteiger partial charge in [0.2, 0.25) is 11.8 Å². The molecule has 2 amide bonds. The van der Waals surface area contributed by atoms with Gasteiger partial charge in [-0.25, -0.2) is 0 Å². The van der Waals surface area contributed by atoms with Gasteiger partial charge in [0.05, 0.1) is 29.1 Å². The molecule has 4 aliphatic rings. The van der Waals surface area contributed by atoms with Crippen LogP contribution >= 0.6 is 0 Å². The van der Waals surface area contributed by atoms with Crippen molar-refractivity contribution in [3.05, 3.63) is 28.3 Å². The second-order valence-electron chi connectivity index (χ2n) is 12.0. The van der Waals surface area contributed by atoms with Crippen LogP contribution in [0.4, 0.5) is 13.2 Å². The lowest BCUT2D eigenvalue weighted by Gasteiger charge is -2.52. The summed E-state index contributed by atoms with van der Waals surface area (Å²) in [5.74, 6) is -14.2. The quantitative estimate of drug-likeness (QED) is 0.322. The Morgan fingerprint density at radius 2 is 1.81 bits per heavy atom. The summed E-state index contributed by atoms with van der Waals surface area (Å²) >= 11 is 0. The molecule has 0 radical (unpaired) electrons. The van der Waals surface area contributed by atoms with Gasteiger partial charge in [-0.05, 0) is 50.0 Å². The van der Waals surface area contributed by atoms with E-state index in [2.05, 4.69) is 5.32 Å². The van der Waals surface area contributed by atoms with Gasteiger partial charge in [0.25, 0.3) is 0 Å². The van der Waals surface area contributed by atoms with Gasteiger partial charge in [0.1, 0.15) is 5.75 Å². The van der Waals surface area contributed by atoms with E-state index in [1.165, 1.54) is 30.8 Å². The van der Waals surface area contributed by atoms with Gasteiger partial charge in [-0.2, -0.15) is 13.2 Å². The fraction of sp³-hybridized carbons (Fsp3) is 0.571. The number of nitrogens with two attached hydrogens (primary N) is 1.